The Morgan fingerprint density at radius 1 is 1.12 bits per heavy atom. The van der Waals surface area contributed by atoms with E-state index in [4.69, 9.17) is 0 Å². The number of hydrogen-bond donors (Lipinski definition) is 0. The lowest BCUT2D eigenvalue weighted by Crippen LogP contribution is -1.93. The minimum absolute atomic E-state index is 0.0269. The molecule has 0 atom stereocenters. The van der Waals surface area contributed by atoms with Crippen LogP contribution in [0.3, 0.4) is 0 Å². The highest BCUT2D eigenvalue weighted by Gasteiger charge is 2.22. The van der Waals surface area contributed by atoms with E-state index in [2.05, 4.69) is 24.7 Å². The smallest absolute Gasteiger partial charge is 0.176 e. The Morgan fingerprint density at radius 3 is 2.59 bits per heavy atom. The van der Waals surface area contributed by atoms with Gasteiger partial charge in [-0.15, -0.1) is 11.3 Å². The van der Waals surface area contributed by atoms with Gasteiger partial charge in [-0.25, -0.2) is 8.78 Å². The van der Waals surface area contributed by atoms with E-state index in [1.807, 2.05) is 0 Å². The van der Waals surface area contributed by atoms with Crippen molar-refractivity contribution in [1.82, 2.24) is 8.75 Å². The summed E-state index contributed by atoms with van der Waals surface area (Å²) in [6.07, 6.45) is 0. The summed E-state index contributed by atoms with van der Waals surface area (Å²) in [7, 11) is 0. The Labute approximate surface area is 111 Å². The Morgan fingerprint density at radius 2 is 1.88 bits per heavy atom. The number of aromatic nitrogens is 2. The van der Waals surface area contributed by atoms with Gasteiger partial charge in [-0.1, -0.05) is 6.07 Å². The number of hydrogen-bond acceptors (Lipinski definition) is 4. The Bertz CT molecular complexity index is 694. The van der Waals surface area contributed by atoms with Crippen LogP contribution >= 0.6 is 39.0 Å². The van der Waals surface area contributed by atoms with E-state index < -0.39 is 11.6 Å². The van der Waals surface area contributed by atoms with Crippen molar-refractivity contribution in [3.8, 4) is 10.4 Å². The average molecular weight is 333 g/mol. The summed E-state index contributed by atoms with van der Waals surface area (Å²) in [4.78, 5) is 0.645. The van der Waals surface area contributed by atoms with Crippen molar-refractivity contribution >= 4 is 50.0 Å². The minimum Gasteiger partial charge on any atom is -0.203 e. The van der Waals surface area contributed by atoms with Crippen molar-refractivity contribution < 1.29 is 8.78 Å². The predicted molar refractivity (Wildman–Crippen MR) is 68.3 cm³/mol. The molecule has 3 rings (SSSR count). The van der Waals surface area contributed by atoms with Gasteiger partial charge in [-0.05, 0) is 27.4 Å². The molecule has 0 saturated heterocycles. The van der Waals surface area contributed by atoms with Gasteiger partial charge in [-0.2, -0.15) is 8.75 Å². The number of rotatable bonds is 1. The van der Waals surface area contributed by atoms with Crippen LogP contribution in [-0.2, 0) is 0 Å². The molecule has 17 heavy (non-hydrogen) atoms. The number of nitrogens with zero attached hydrogens (tertiary/aromatic N) is 2. The molecule has 0 aliphatic rings. The highest BCUT2D eigenvalue weighted by atomic mass is 79.9. The van der Waals surface area contributed by atoms with Gasteiger partial charge < -0.3 is 0 Å². The second-order valence-corrected chi connectivity index (χ2v) is 5.52. The van der Waals surface area contributed by atoms with Crippen molar-refractivity contribution in [3.63, 3.8) is 0 Å². The first kappa shape index (κ1) is 11.2. The maximum absolute atomic E-state index is 14.0. The molecule has 0 amide bonds. The molecule has 0 radical (unpaired) electrons. The highest BCUT2D eigenvalue weighted by Crippen LogP contribution is 2.38. The summed E-state index contributed by atoms with van der Waals surface area (Å²) in [6, 6.07) is 3.51. The molecule has 1 aromatic carbocycles. The first-order chi connectivity index (χ1) is 8.20. The third-order valence-corrected chi connectivity index (χ3v) is 4.45. The number of fused-ring (bicyclic) bond motifs is 1. The third-order valence-electron chi connectivity index (χ3n) is 2.31. The molecule has 0 aliphatic heterocycles. The Kier molecular flexibility index (Phi) is 2.68. The van der Waals surface area contributed by atoms with Crippen LogP contribution in [0, 0.1) is 11.6 Å². The summed E-state index contributed by atoms with van der Waals surface area (Å²) in [5.74, 6) is -1.81. The topological polar surface area (TPSA) is 25.8 Å². The van der Waals surface area contributed by atoms with E-state index in [0.29, 0.717) is 15.9 Å². The van der Waals surface area contributed by atoms with Crippen LogP contribution in [0.25, 0.3) is 21.5 Å². The summed E-state index contributed by atoms with van der Waals surface area (Å²) < 4.78 is 35.7. The maximum atomic E-state index is 14.0. The van der Waals surface area contributed by atoms with Crippen molar-refractivity contribution in [2.45, 2.75) is 0 Å². The molecule has 0 bridgehead atoms. The molecular weight excluding hydrogens is 330 g/mol. The normalized spacial score (nSPS) is 11.2. The van der Waals surface area contributed by atoms with Crippen molar-refractivity contribution in [2.24, 2.45) is 0 Å². The van der Waals surface area contributed by atoms with Crippen LogP contribution < -0.4 is 0 Å². The van der Waals surface area contributed by atoms with Gasteiger partial charge in [0.25, 0.3) is 0 Å². The zero-order valence-corrected chi connectivity index (χ0v) is 11.3. The molecule has 0 aliphatic carbocycles. The molecule has 0 N–H and O–H groups in total. The lowest BCUT2D eigenvalue weighted by Gasteiger charge is -2.04. The molecule has 2 nitrogen and oxygen atoms in total. The fraction of sp³-hybridized carbons (Fsp3) is 0. The quantitative estimate of drug-likeness (QED) is 0.615. The monoisotopic (exact) mass is 332 g/mol. The van der Waals surface area contributed by atoms with E-state index in [-0.39, 0.29) is 10.0 Å². The van der Waals surface area contributed by atoms with Gasteiger partial charge >= 0.3 is 0 Å². The fourth-order valence-corrected chi connectivity index (χ4v) is 3.45. The standard InChI is InChI=1S/C10H3BrF2N2S2/c11-6-8(13)7(12)5(4-2-1-3-16-4)9-10(6)15-17-14-9/h1-3H. The SMILES string of the molecule is Fc1c(F)c(-c2cccs2)c2nsnc2c1Br. The molecule has 86 valence electrons. The van der Waals surface area contributed by atoms with Crippen LogP contribution in [0.4, 0.5) is 8.78 Å². The molecule has 7 heteroatoms. The van der Waals surface area contributed by atoms with Crippen molar-refractivity contribution in [2.75, 3.05) is 0 Å². The number of halogens is 3. The van der Waals surface area contributed by atoms with Gasteiger partial charge in [0.15, 0.2) is 11.6 Å². The van der Waals surface area contributed by atoms with Crippen LogP contribution in [0.2, 0.25) is 0 Å². The van der Waals surface area contributed by atoms with E-state index in [1.54, 1.807) is 17.5 Å². The molecule has 0 fully saturated rings. The summed E-state index contributed by atoms with van der Waals surface area (Å²) in [5, 5.41) is 1.81. The Balaban J connectivity index is 2.49. The molecule has 2 heterocycles. The molecule has 0 spiro atoms. The Hall–Kier alpha value is -0.920. The largest absolute Gasteiger partial charge is 0.203 e. The molecular formula is C10H3BrF2N2S2. The molecule has 0 saturated carbocycles. The second-order valence-electron chi connectivity index (χ2n) is 3.26. The zero-order chi connectivity index (χ0) is 12.0. The maximum Gasteiger partial charge on any atom is 0.176 e. The number of benzene rings is 1. The zero-order valence-electron chi connectivity index (χ0n) is 8.08. The fourth-order valence-electron chi connectivity index (χ4n) is 1.56. The predicted octanol–water partition coefficient (Wildman–Crippen LogP) is 4.46. The van der Waals surface area contributed by atoms with Gasteiger partial charge in [0.05, 0.1) is 21.8 Å². The highest BCUT2D eigenvalue weighted by molar-refractivity contribution is 9.10. The summed E-state index contributed by atoms with van der Waals surface area (Å²) in [5.41, 5.74) is 0.935. The van der Waals surface area contributed by atoms with E-state index in [9.17, 15) is 8.78 Å². The molecule has 3 aromatic rings. The van der Waals surface area contributed by atoms with E-state index in [0.717, 1.165) is 11.7 Å². The number of thiophene rings is 1. The second kappa shape index (κ2) is 4.08. The van der Waals surface area contributed by atoms with E-state index >= 15 is 0 Å². The van der Waals surface area contributed by atoms with Crippen molar-refractivity contribution in [3.05, 3.63) is 33.6 Å². The lowest BCUT2D eigenvalue weighted by atomic mass is 10.1. The van der Waals surface area contributed by atoms with Crippen LogP contribution in [0.15, 0.2) is 22.0 Å². The van der Waals surface area contributed by atoms with Crippen LogP contribution in [0.5, 0.6) is 0 Å². The molecule has 0 unspecified atom stereocenters. The first-order valence-corrected chi connectivity index (χ1v) is 6.93. The van der Waals surface area contributed by atoms with Crippen molar-refractivity contribution in [1.29, 1.82) is 0 Å². The third kappa shape index (κ3) is 1.61. The summed E-state index contributed by atoms with van der Waals surface area (Å²) >= 11 is 5.28. The van der Waals surface area contributed by atoms with E-state index in [1.165, 1.54) is 11.3 Å². The summed E-state index contributed by atoms with van der Waals surface area (Å²) in [6.45, 7) is 0. The van der Waals surface area contributed by atoms with Gasteiger partial charge in [0, 0.05) is 4.88 Å². The van der Waals surface area contributed by atoms with Gasteiger partial charge in [0.1, 0.15) is 11.0 Å². The lowest BCUT2D eigenvalue weighted by molar-refractivity contribution is 0.509. The molecule has 2 aromatic heterocycles. The van der Waals surface area contributed by atoms with Crippen LogP contribution in [0.1, 0.15) is 0 Å². The van der Waals surface area contributed by atoms with Crippen LogP contribution in [-0.4, -0.2) is 8.75 Å². The minimum atomic E-state index is -0.923. The van der Waals surface area contributed by atoms with Gasteiger partial charge in [0.2, 0.25) is 0 Å². The average Bonchev–Trinajstić information content (AvgIpc) is 2.97. The first-order valence-electron chi connectivity index (χ1n) is 4.52. The van der Waals surface area contributed by atoms with Gasteiger partial charge in [-0.3, -0.25) is 0 Å².